The van der Waals surface area contributed by atoms with Crippen molar-refractivity contribution in [2.75, 3.05) is 58.6 Å². The maximum absolute atomic E-state index is 13.4. The lowest BCUT2D eigenvalue weighted by Crippen LogP contribution is -2.55. The summed E-state index contributed by atoms with van der Waals surface area (Å²) in [6.45, 7) is 2.66. The Morgan fingerprint density at radius 3 is 2.32 bits per heavy atom. The molecule has 0 spiro atoms. The van der Waals surface area contributed by atoms with Crippen LogP contribution in [0.25, 0.3) is 0 Å². The number of carbonyl (C=O) groups excluding carboxylic acids is 2. The van der Waals surface area contributed by atoms with Gasteiger partial charge in [0.15, 0.2) is 0 Å². The Balaban J connectivity index is 1.36. The van der Waals surface area contributed by atoms with Crippen LogP contribution in [0.4, 0.5) is 15.8 Å². The molecule has 10 nitrogen and oxygen atoms in total. The van der Waals surface area contributed by atoms with Crippen molar-refractivity contribution in [3.63, 3.8) is 0 Å². The number of nitrogen functional groups attached to an aromatic ring is 1. The highest BCUT2D eigenvalue weighted by Crippen LogP contribution is 2.34. The molecule has 1 heterocycles. The number of nitrogens with zero attached hydrogens (tertiary/aromatic N) is 1. The van der Waals surface area contributed by atoms with E-state index in [4.69, 9.17) is 47.9 Å². The summed E-state index contributed by atoms with van der Waals surface area (Å²) in [5, 5.41) is 6.09. The molecule has 13 heteroatoms. The zero-order valence-corrected chi connectivity index (χ0v) is 26.1. The number of rotatable bonds is 12. The Bertz CT molecular complexity index is 1480. The number of likely N-dealkylation sites (tertiary alicyclic amines) is 1. The highest BCUT2D eigenvalue weighted by Gasteiger charge is 2.31. The molecule has 4 N–H and O–H groups in total. The molecule has 0 aliphatic carbocycles. The topological polar surface area (TPSA) is 124 Å². The quantitative estimate of drug-likeness (QED) is 0.179. The number of anilines is 2. The largest absolute Gasteiger partial charge is 0.496 e. The van der Waals surface area contributed by atoms with Crippen molar-refractivity contribution in [1.82, 2.24) is 10.2 Å². The van der Waals surface area contributed by atoms with Gasteiger partial charge < -0.3 is 40.2 Å². The molecule has 236 valence electrons. The summed E-state index contributed by atoms with van der Waals surface area (Å²) in [6.07, 6.45) is 1.20. The molecule has 44 heavy (non-hydrogen) atoms. The van der Waals surface area contributed by atoms with Gasteiger partial charge in [-0.25, -0.2) is 4.39 Å². The molecule has 0 bridgehead atoms. The number of hydrogen-bond donors (Lipinski definition) is 3. The average Bonchev–Trinajstić information content (AvgIpc) is 3.02. The Morgan fingerprint density at radius 1 is 0.977 bits per heavy atom. The number of carbonyl (C=O) groups is 2. The van der Waals surface area contributed by atoms with Gasteiger partial charge in [0.2, 0.25) is 0 Å². The van der Waals surface area contributed by atoms with Crippen LogP contribution in [0.15, 0.2) is 48.5 Å². The molecule has 4 rings (SSSR count). The number of piperidine rings is 1. The van der Waals surface area contributed by atoms with Gasteiger partial charge in [-0.2, -0.15) is 0 Å². The molecule has 1 saturated heterocycles. The molecule has 0 aromatic heterocycles. The molecule has 2 atom stereocenters. The van der Waals surface area contributed by atoms with Crippen molar-refractivity contribution in [3.8, 4) is 17.2 Å². The summed E-state index contributed by atoms with van der Waals surface area (Å²) in [5.41, 5.74) is 6.68. The minimum Gasteiger partial charge on any atom is -0.496 e. The van der Waals surface area contributed by atoms with Crippen molar-refractivity contribution in [1.29, 1.82) is 0 Å². The first-order valence-electron chi connectivity index (χ1n) is 13.9. The van der Waals surface area contributed by atoms with Crippen molar-refractivity contribution >= 4 is 46.4 Å². The highest BCUT2D eigenvalue weighted by molar-refractivity contribution is 6.35. The van der Waals surface area contributed by atoms with Crippen LogP contribution in [-0.2, 0) is 4.74 Å². The van der Waals surface area contributed by atoms with E-state index in [1.165, 1.54) is 50.6 Å². The zero-order valence-electron chi connectivity index (χ0n) is 24.6. The first-order valence-corrected chi connectivity index (χ1v) is 14.6. The summed E-state index contributed by atoms with van der Waals surface area (Å²) in [4.78, 5) is 28.7. The van der Waals surface area contributed by atoms with Crippen LogP contribution in [-0.4, -0.2) is 76.4 Å². The molecule has 0 radical (unpaired) electrons. The minimum atomic E-state index is -0.540. The second kappa shape index (κ2) is 15.3. The van der Waals surface area contributed by atoms with E-state index in [-0.39, 0.29) is 67.9 Å². The summed E-state index contributed by atoms with van der Waals surface area (Å²) in [5.74, 6) is -0.149. The lowest BCUT2D eigenvalue weighted by molar-refractivity contribution is 0.00527. The minimum absolute atomic E-state index is 0.130. The molecule has 1 fully saturated rings. The summed E-state index contributed by atoms with van der Waals surface area (Å²) in [7, 11) is 4.45. The van der Waals surface area contributed by atoms with Gasteiger partial charge >= 0.3 is 0 Å². The molecular formula is C31H35Cl2FN4O6. The molecular weight excluding hydrogens is 614 g/mol. The number of methoxy groups -OCH3 is 3. The van der Waals surface area contributed by atoms with Crippen molar-refractivity contribution in [2.45, 2.75) is 25.0 Å². The second-order valence-corrected chi connectivity index (χ2v) is 11.0. The predicted molar refractivity (Wildman–Crippen MR) is 168 cm³/mol. The SMILES string of the molecule is COc1cc(N)c(Cl)cc1C(=O)Nc1cc(OC)c(C(=O)N[C@H]2CCN(CCCOc3ccc(F)cc3)C[C@H]2OC)cc1Cl. The fourth-order valence-electron chi connectivity index (χ4n) is 4.94. The van der Waals surface area contributed by atoms with E-state index in [0.29, 0.717) is 25.3 Å². The molecule has 0 unspecified atom stereocenters. The van der Waals surface area contributed by atoms with Gasteiger partial charge in [0.1, 0.15) is 23.1 Å². The van der Waals surface area contributed by atoms with Gasteiger partial charge in [-0.3, -0.25) is 9.59 Å². The summed E-state index contributed by atoms with van der Waals surface area (Å²) < 4.78 is 35.2. The molecule has 1 aliphatic rings. The third-order valence-corrected chi connectivity index (χ3v) is 7.95. The van der Waals surface area contributed by atoms with Crippen LogP contribution in [0.2, 0.25) is 10.0 Å². The summed E-state index contributed by atoms with van der Waals surface area (Å²) in [6, 6.07) is 11.5. The van der Waals surface area contributed by atoms with Crippen LogP contribution < -0.4 is 30.6 Å². The maximum Gasteiger partial charge on any atom is 0.259 e. The van der Waals surface area contributed by atoms with Gasteiger partial charge in [-0.15, -0.1) is 0 Å². The lowest BCUT2D eigenvalue weighted by Gasteiger charge is -2.38. The van der Waals surface area contributed by atoms with Gasteiger partial charge in [0.25, 0.3) is 11.8 Å². The fourth-order valence-corrected chi connectivity index (χ4v) is 5.32. The molecule has 0 saturated carbocycles. The first-order chi connectivity index (χ1) is 21.1. The Morgan fingerprint density at radius 2 is 1.64 bits per heavy atom. The van der Waals surface area contributed by atoms with Crippen molar-refractivity contribution in [3.05, 3.63) is 75.5 Å². The van der Waals surface area contributed by atoms with E-state index in [0.717, 1.165) is 19.5 Å². The van der Waals surface area contributed by atoms with E-state index < -0.39 is 5.91 Å². The molecule has 3 aromatic carbocycles. The number of hydrogen-bond acceptors (Lipinski definition) is 8. The van der Waals surface area contributed by atoms with Crippen molar-refractivity contribution in [2.24, 2.45) is 0 Å². The standard InChI is InChI=1S/C31H35Cl2FN4O6/c1-41-27-15-24(35)22(32)13-20(27)31(40)37-26-16-28(42-2)21(14-23(26)33)30(39)36-25-9-11-38(17-29(25)43-3)10-4-12-44-19-7-5-18(34)6-8-19/h5-8,13-16,25,29H,4,9-12,17,35H2,1-3H3,(H,36,39)(H,37,40)/t25-,29+/m0/s1. The van der Waals surface area contributed by atoms with Gasteiger partial charge in [0.05, 0.1) is 65.5 Å². The highest BCUT2D eigenvalue weighted by atomic mass is 35.5. The number of ether oxygens (including phenoxy) is 4. The number of nitrogens with one attached hydrogen (secondary N) is 2. The van der Waals surface area contributed by atoms with E-state index >= 15 is 0 Å². The molecule has 2 amide bonds. The smallest absolute Gasteiger partial charge is 0.259 e. The summed E-state index contributed by atoms with van der Waals surface area (Å²) >= 11 is 12.6. The molecule has 1 aliphatic heterocycles. The first kappa shape index (κ1) is 33.1. The number of halogens is 3. The Kier molecular flexibility index (Phi) is 11.5. The Labute approximate surface area is 265 Å². The second-order valence-electron chi connectivity index (χ2n) is 10.2. The average molecular weight is 650 g/mol. The van der Waals surface area contributed by atoms with Gasteiger partial charge in [-0.1, -0.05) is 23.2 Å². The maximum atomic E-state index is 13.4. The third kappa shape index (κ3) is 8.23. The third-order valence-electron chi connectivity index (χ3n) is 7.31. The van der Waals surface area contributed by atoms with Crippen molar-refractivity contribution < 1.29 is 32.9 Å². The number of benzene rings is 3. The normalized spacial score (nSPS) is 16.7. The van der Waals surface area contributed by atoms with Crippen LogP contribution in [0.3, 0.4) is 0 Å². The predicted octanol–water partition coefficient (Wildman–Crippen LogP) is 5.27. The van der Waals surface area contributed by atoms with Crippen LogP contribution in [0.5, 0.6) is 17.2 Å². The molecule has 3 aromatic rings. The zero-order chi connectivity index (χ0) is 31.8. The van der Waals surface area contributed by atoms with Gasteiger partial charge in [0, 0.05) is 38.9 Å². The number of amides is 2. The monoisotopic (exact) mass is 648 g/mol. The Hall–Kier alpha value is -3.77. The van der Waals surface area contributed by atoms with E-state index in [1.807, 2.05) is 0 Å². The van der Waals surface area contributed by atoms with Crippen LogP contribution in [0.1, 0.15) is 33.6 Å². The van der Waals surface area contributed by atoms with E-state index in [9.17, 15) is 14.0 Å². The van der Waals surface area contributed by atoms with E-state index in [1.54, 1.807) is 19.2 Å². The fraction of sp³-hybridized carbons (Fsp3) is 0.355. The number of nitrogens with two attached hydrogens (primary N) is 1. The van der Waals surface area contributed by atoms with E-state index in [2.05, 4.69) is 15.5 Å². The van der Waals surface area contributed by atoms with Gasteiger partial charge in [-0.05, 0) is 49.2 Å². The lowest BCUT2D eigenvalue weighted by atomic mass is 10.0. The van der Waals surface area contributed by atoms with Crippen LogP contribution >= 0.6 is 23.2 Å². The van der Waals surface area contributed by atoms with Crippen LogP contribution in [0, 0.1) is 5.82 Å².